The van der Waals surface area contributed by atoms with Gasteiger partial charge < -0.3 is 14.9 Å². The van der Waals surface area contributed by atoms with Crippen molar-refractivity contribution in [2.75, 3.05) is 26.2 Å². The smallest absolute Gasteiger partial charge is 0.339 e. The first-order valence-electron chi connectivity index (χ1n) is 7.98. The lowest BCUT2D eigenvalue weighted by Gasteiger charge is -2.34. The van der Waals surface area contributed by atoms with Crippen LogP contribution in [0.3, 0.4) is 0 Å². The molecule has 0 unspecified atom stereocenters. The van der Waals surface area contributed by atoms with Crippen LogP contribution in [-0.4, -0.2) is 68.6 Å². The van der Waals surface area contributed by atoms with Crippen molar-refractivity contribution >= 4 is 17.8 Å². The summed E-state index contributed by atoms with van der Waals surface area (Å²) in [6, 6.07) is 5.74. The first kappa shape index (κ1) is 17.6. The molecule has 1 fully saturated rings. The number of halogens is 1. The van der Waals surface area contributed by atoms with Crippen LogP contribution in [0.4, 0.5) is 4.39 Å². The van der Waals surface area contributed by atoms with Crippen molar-refractivity contribution < 1.29 is 23.9 Å². The van der Waals surface area contributed by atoms with Crippen LogP contribution in [0, 0.1) is 5.82 Å². The van der Waals surface area contributed by atoms with Gasteiger partial charge in [0.2, 0.25) is 0 Å². The quantitative estimate of drug-likeness (QED) is 0.876. The van der Waals surface area contributed by atoms with Crippen LogP contribution in [0.15, 0.2) is 30.5 Å². The summed E-state index contributed by atoms with van der Waals surface area (Å²) in [5, 5.41) is 13.1. The molecule has 0 atom stereocenters. The van der Waals surface area contributed by atoms with E-state index in [1.807, 2.05) is 0 Å². The number of aryl methyl sites for hydroxylation is 1. The zero-order valence-corrected chi connectivity index (χ0v) is 14.1. The Morgan fingerprint density at radius 3 is 2.15 bits per heavy atom. The Balaban J connectivity index is 1.69. The average molecular weight is 360 g/mol. The second kappa shape index (κ2) is 6.95. The van der Waals surface area contributed by atoms with E-state index in [1.54, 1.807) is 6.07 Å². The monoisotopic (exact) mass is 360 g/mol. The molecule has 8 nitrogen and oxygen atoms in total. The third kappa shape index (κ3) is 3.28. The van der Waals surface area contributed by atoms with E-state index in [4.69, 9.17) is 0 Å². The molecule has 0 aliphatic carbocycles. The normalized spacial score (nSPS) is 14.4. The molecule has 136 valence electrons. The highest BCUT2D eigenvalue weighted by Crippen LogP contribution is 2.15. The highest BCUT2D eigenvalue weighted by molar-refractivity contribution is 6.03. The van der Waals surface area contributed by atoms with Crippen molar-refractivity contribution in [1.29, 1.82) is 0 Å². The molecular formula is C17H17FN4O4. The number of hydrogen-bond acceptors (Lipinski definition) is 4. The number of benzene rings is 1. The molecule has 1 saturated heterocycles. The Morgan fingerprint density at radius 1 is 1.00 bits per heavy atom. The summed E-state index contributed by atoms with van der Waals surface area (Å²) in [5.41, 5.74) is -0.304. The number of carbonyl (C=O) groups is 3. The summed E-state index contributed by atoms with van der Waals surface area (Å²) in [5.74, 6) is -2.74. The highest BCUT2D eigenvalue weighted by Gasteiger charge is 2.30. The largest absolute Gasteiger partial charge is 0.478 e. The molecule has 3 rings (SSSR count). The third-order valence-corrected chi connectivity index (χ3v) is 4.22. The van der Waals surface area contributed by atoms with E-state index in [9.17, 15) is 23.9 Å². The Bertz CT molecular complexity index is 871. The van der Waals surface area contributed by atoms with E-state index in [0.29, 0.717) is 0 Å². The molecule has 1 aromatic carbocycles. The number of amides is 2. The van der Waals surface area contributed by atoms with E-state index in [0.717, 1.165) is 0 Å². The van der Waals surface area contributed by atoms with Crippen molar-refractivity contribution in [3.05, 3.63) is 53.1 Å². The lowest BCUT2D eigenvalue weighted by molar-refractivity contribution is 0.0525. The lowest BCUT2D eigenvalue weighted by atomic mass is 10.1. The Hall–Kier alpha value is -3.23. The summed E-state index contributed by atoms with van der Waals surface area (Å²) >= 11 is 0. The molecular weight excluding hydrogens is 343 g/mol. The van der Waals surface area contributed by atoms with Crippen LogP contribution in [0.1, 0.15) is 31.2 Å². The fraction of sp³-hybridized carbons (Fsp3) is 0.294. The average Bonchev–Trinajstić information content (AvgIpc) is 3.03. The molecule has 2 heterocycles. The first-order chi connectivity index (χ1) is 12.4. The molecule has 2 amide bonds. The minimum Gasteiger partial charge on any atom is -0.478 e. The minimum atomic E-state index is -1.23. The standard InChI is InChI=1S/C17H17FN4O4/c1-20-10-12(17(25)26)14(19-20)16(24)22-8-6-21(7-9-22)15(23)11-4-2-3-5-13(11)18/h2-5,10H,6-9H2,1H3,(H,25,26). The van der Waals surface area contributed by atoms with Gasteiger partial charge in [-0.25, -0.2) is 9.18 Å². The molecule has 1 aliphatic heterocycles. The zero-order valence-electron chi connectivity index (χ0n) is 14.1. The van der Waals surface area contributed by atoms with E-state index in [2.05, 4.69) is 5.10 Å². The maximum atomic E-state index is 13.8. The van der Waals surface area contributed by atoms with Gasteiger partial charge in [0.25, 0.3) is 11.8 Å². The van der Waals surface area contributed by atoms with E-state index < -0.39 is 23.6 Å². The molecule has 1 N–H and O–H groups in total. The van der Waals surface area contributed by atoms with Gasteiger partial charge in [-0.15, -0.1) is 0 Å². The fourth-order valence-corrected chi connectivity index (χ4v) is 2.87. The van der Waals surface area contributed by atoms with Crippen LogP contribution in [0.2, 0.25) is 0 Å². The summed E-state index contributed by atoms with van der Waals surface area (Å²) in [7, 11) is 1.54. The topological polar surface area (TPSA) is 95.7 Å². The van der Waals surface area contributed by atoms with Crippen LogP contribution >= 0.6 is 0 Å². The van der Waals surface area contributed by atoms with E-state index in [-0.39, 0.29) is 43.0 Å². The number of hydrogen-bond donors (Lipinski definition) is 1. The molecule has 2 aromatic rings. The maximum absolute atomic E-state index is 13.8. The zero-order chi connectivity index (χ0) is 18.8. The fourth-order valence-electron chi connectivity index (χ4n) is 2.87. The van der Waals surface area contributed by atoms with Gasteiger partial charge in [-0.2, -0.15) is 5.10 Å². The van der Waals surface area contributed by atoms with Crippen molar-refractivity contribution in [2.24, 2.45) is 7.05 Å². The number of aromatic carboxylic acids is 1. The van der Waals surface area contributed by atoms with Gasteiger partial charge in [-0.1, -0.05) is 12.1 Å². The van der Waals surface area contributed by atoms with Gasteiger partial charge in [-0.05, 0) is 12.1 Å². The summed E-state index contributed by atoms with van der Waals surface area (Å²) in [6.07, 6.45) is 1.27. The Labute approximate surface area is 148 Å². The Kier molecular flexibility index (Phi) is 4.70. The molecule has 0 radical (unpaired) electrons. The minimum absolute atomic E-state index is 0.00911. The van der Waals surface area contributed by atoms with Crippen molar-refractivity contribution in [1.82, 2.24) is 19.6 Å². The number of carboxylic acids is 1. The maximum Gasteiger partial charge on any atom is 0.339 e. The summed E-state index contributed by atoms with van der Waals surface area (Å²) < 4.78 is 15.0. The molecule has 0 bridgehead atoms. The lowest BCUT2D eigenvalue weighted by Crippen LogP contribution is -2.51. The SMILES string of the molecule is Cn1cc(C(=O)O)c(C(=O)N2CCN(C(=O)c3ccccc3F)CC2)n1. The number of rotatable bonds is 3. The summed E-state index contributed by atoms with van der Waals surface area (Å²) in [4.78, 5) is 39.1. The second-order valence-corrected chi connectivity index (χ2v) is 5.93. The van der Waals surface area contributed by atoms with Gasteiger partial charge in [-0.3, -0.25) is 14.3 Å². The van der Waals surface area contributed by atoms with Gasteiger partial charge in [0, 0.05) is 39.4 Å². The molecule has 26 heavy (non-hydrogen) atoms. The molecule has 0 spiro atoms. The van der Waals surface area contributed by atoms with Crippen molar-refractivity contribution in [3.8, 4) is 0 Å². The predicted octanol–water partition coefficient (Wildman–Crippen LogP) is 0.856. The first-order valence-corrected chi connectivity index (χ1v) is 7.98. The second-order valence-electron chi connectivity index (χ2n) is 5.93. The number of piperazine rings is 1. The Morgan fingerprint density at radius 2 is 1.58 bits per heavy atom. The third-order valence-electron chi connectivity index (χ3n) is 4.22. The van der Waals surface area contributed by atoms with Gasteiger partial charge >= 0.3 is 5.97 Å². The molecule has 0 saturated carbocycles. The van der Waals surface area contributed by atoms with Crippen LogP contribution in [0.25, 0.3) is 0 Å². The van der Waals surface area contributed by atoms with Gasteiger partial charge in [0.15, 0.2) is 5.69 Å². The highest BCUT2D eigenvalue weighted by atomic mass is 19.1. The van der Waals surface area contributed by atoms with Crippen LogP contribution in [-0.2, 0) is 7.05 Å². The van der Waals surface area contributed by atoms with E-state index in [1.165, 1.54) is 45.9 Å². The van der Waals surface area contributed by atoms with Crippen molar-refractivity contribution in [2.45, 2.75) is 0 Å². The van der Waals surface area contributed by atoms with Gasteiger partial charge in [0.1, 0.15) is 11.4 Å². The molecule has 9 heteroatoms. The summed E-state index contributed by atoms with van der Waals surface area (Å²) in [6.45, 7) is 0.894. The van der Waals surface area contributed by atoms with Gasteiger partial charge in [0.05, 0.1) is 5.56 Å². The number of nitrogens with zero attached hydrogens (tertiary/aromatic N) is 4. The van der Waals surface area contributed by atoms with E-state index >= 15 is 0 Å². The number of carbonyl (C=O) groups excluding carboxylic acids is 2. The predicted molar refractivity (Wildman–Crippen MR) is 88.4 cm³/mol. The molecule has 1 aliphatic rings. The van der Waals surface area contributed by atoms with Crippen LogP contribution in [0.5, 0.6) is 0 Å². The molecule has 1 aromatic heterocycles. The number of carboxylic acid groups (broad SMARTS) is 1. The number of aromatic nitrogens is 2. The van der Waals surface area contributed by atoms with Crippen molar-refractivity contribution in [3.63, 3.8) is 0 Å². The van der Waals surface area contributed by atoms with Crippen LogP contribution < -0.4 is 0 Å².